The molecule has 0 aliphatic carbocycles. The lowest BCUT2D eigenvalue weighted by Crippen LogP contribution is -2.47. The van der Waals surface area contributed by atoms with E-state index in [2.05, 4.69) is 5.32 Å². The van der Waals surface area contributed by atoms with Gasteiger partial charge in [0, 0.05) is 0 Å². The van der Waals surface area contributed by atoms with Gasteiger partial charge in [-0.25, -0.2) is 4.79 Å². The zero-order chi connectivity index (χ0) is 12.1. The molecule has 0 bridgehead atoms. The van der Waals surface area contributed by atoms with Crippen LogP contribution in [0.15, 0.2) is 0 Å². The molecule has 0 saturated carbocycles. The van der Waals surface area contributed by atoms with Crippen LogP contribution in [0.2, 0.25) is 0 Å². The minimum Gasteiger partial charge on any atom is -0.444 e. The van der Waals surface area contributed by atoms with Gasteiger partial charge < -0.3 is 20.3 Å². The fourth-order valence-electron chi connectivity index (χ4n) is 0.800. The molecule has 0 spiro atoms. The Labute approximate surface area is 89.4 Å². The Morgan fingerprint density at radius 3 is 2.47 bits per heavy atom. The third-order valence-corrected chi connectivity index (χ3v) is 1.45. The average Bonchev–Trinajstić information content (AvgIpc) is 2.10. The first-order valence-electron chi connectivity index (χ1n) is 4.54. The normalized spacial score (nSPS) is 14.9. The molecule has 0 aliphatic rings. The van der Waals surface area contributed by atoms with Crippen LogP contribution in [0, 0.1) is 12.3 Å². The maximum Gasteiger partial charge on any atom is 0.408 e. The first-order valence-corrected chi connectivity index (χ1v) is 4.54. The maximum atomic E-state index is 11.2. The second-order valence-corrected chi connectivity index (χ2v) is 4.05. The molecule has 5 heteroatoms. The van der Waals surface area contributed by atoms with Crippen LogP contribution >= 0.6 is 0 Å². The van der Waals surface area contributed by atoms with Gasteiger partial charge in [0.05, 0.1) is 12.6 Å². The molecule has 0 aliphatic heterocycles. The van der Waals surface area contributed by atoms with Crippen LogP contribution in [-0.4, -0.2) is 40.7 Å². The minimum atomic E-state index is -1.23. The van der Waals surface area contributed by atoms with Crippen molar-refractivity contribution in [3.63, 3.8) is 0 Å². The van der Waals surface area contributed by atoms with Crippen LogP contribution in [-0.2, 0) is 4.74 Å². The molecule has 86 valence electrons. The Balaban J connectivity index is 4.21. The van der Waals surface area contributed by atoms with Crippen LogP contribution in [0.1, 0.15) is 20.8 Å². The fourth-order valence-corrected chi connectivity index (χ4v) is 0.800. The number of rotatable bonds is 3. The fraction of sp³-hybridized carbons (Fsp3) is 0.700. The van der Waals surface area contributed by atoms with Gasteiger partial charge in [-0.15, -0.1) is 6.42 Å². The van der Waals surface area contributed by atoms with E-state index in [1.165, 1.54) is 0 Å². The molecule has 0 rings (SSSR count). The lowest BCUT2D eigenvalue weighted by atomic mass is 10.2. The standard InChI is InChI=1S/C10H17NO4/c1-5-8(13)7(6-12)11-9(14)15-10(2,3)4/h1,7-8,12-13H,6H2,2-4H3,(H,11,14)/t7-,8+/m0/s1. The molecular weight excluding hydrogens is 198 g/mol. The Morgan fingerprint density at radius 1 is 1.60 bits per heavy atom. The van der Waals surface area contributed by atoms with E-state index < -0.39 is 30.4 Å². The summed E-state index contributed by atoms with van der Waals surface area (Å²) < 4.78 is 4.92. The number of aliphatic hydroxyl groups is 2. The molecule has 0 heterocycles. The van der Waals surface area contributed by atoms with Gasteiger partial charge >= 0.3 is 6.09 Å². The van der Waals surface area contributed by atoms with Gasteiger partial charge in [-0.3, -0.25) is 0 Å². The zero-order valence-corrected chi connectivity index (χ0v) is 9.15. The van der Waals surface area contributed by atoms with E-state index in [4.69, 9.17) is 16.3 Å². The number of ether oxygens (including phenoxy) is 1. The van der Waals surface area contributed by atoms with Crippen LogP contribution in [0.4, 0.5) is 4.79 Å². The van der Waals surface area contributed by atoms with Crippen LogP contribution < -0.4 is 5.32 Å². The van der Waals surface area contributed by atoms with Gasteiger partial charge in [0.1, 0.15) is 11.7 Å². The summed E-state index contributed by atoms with van der Waals surface area (Å²) in [6.07, 6.45) is 2.99. The predicted molar refractivity (Wildman–Crippen MR) is 55.1 cm³/mol. The molecule has 3 N–H and O–H groups in total. The zero-order valence-electron chi connectivity index (χ0n) is 9.15. The number of alkyl carbamates (subject to hydrolysis) is 1. The molecule has 5 nitrogen and oxygen atoms in total. The van der Waals surface area contributed by atoms with Crippen molar-refractivity contribution in [3.8, 4) is 12.3 Å². The molecule has 0 radical (unpaired) electrons. The van der Waals surface area contributed by atoms with Crippen LogP contribution in [0.25, 0.3) is 0 Å². The molecule has 1 amide bonds. The van der Waals surface area contributed by atoms with Gasteiger partial charge in [-0.2, -0.15) is 0 Å². The summed E-state index contributed by atoms with van der Waals surface area (Å²) >= 11 is 0. The Hall–Kier alpha value is -1.25. The first kappa shape index (κ1) is 13.8. The summed E-state index contributed by atoms with van der Waals surface area (Å²) in [4.78, 5) is 11.2. The number of amides is 1. The highest BCUT2D eigenvalue weighted by Crippen LogP contribution is 2.07. The second-order valence-electron chi connectivity index (χ2n) is 4.05. The summed E-state index contributed by atoms with van der Waals surface area (Å²) in [5.41, 5.74) is -0.634. The van der Waals surface area contributed by atoms with Crippen molar-refractivity contribution in [3.05, 3.63) is 0 Å². The number of hydrogen-bond acceptors (Lipinski definition) is 4. The van der Waals surface area contributed by atoms with Crippen molar-refractivity contribution < 1.29 is 19.7 Å². The molecule has 2 atom stereocenters. The molecular formula is C10H17NO4. The van der Waals surface area contributed by atoms with Crippen LogP contribution in [0.3, 0.4) is 0 Å². The predicted octanol–water partition coefficient (Wildman–Crippen LogP) is -0.134. The number of terminal acetylenes is 1. The van der Waals surface area contributed by atoms with E-state index in [9.17, 15) is 9.90 Å². The summed E-state index contributed by atoms with van der Waals surface area (Å²) in [5, 5.41) is 20.3. The van der Waals surface area contributed by atoms with E-state index >= 15 is 0 Å². The summed E-state index contributed by atoms with van der Waals surface area (Å²) in [6.45, 7) is 4.67. The number of hydrogen-bond donors (Lipinski definition) is 3. The largest absolute Gasteiger partial charge is 0.444 e. The molecule has 0 aromatic heterocycles. The minimum absolute atomic E-state index is 0.454. The summed E-state index contributed by atoms with van der Waals surface area (Å²) in [7, 11) is 0. The highest BCUT2D eigenvalue weighted by Gasteiger charge is 2.22. The van der Waals surface area contributed by atoms with E-state index in [1.54, 1.807) is 20.8 Å². The number of carbonyl (C=O) groups excluding carboxylic acids is 1. The van der Waals surface area contributed by atoms with Gasteiger partial charge in [-0.05, 0) is 20.8 Å². The summed E-state index contributed by atoms with van der Waals surface area (Å²) in [5.74, 6) is 2.01. The van der Waals surface area contributed by atoms with Gasteiger partial charge in [0.15, 0.2) is 0 Å². The molecule has 0 fully saturated rings. The van der Waals surface area contributed by atoms with E-state index in [-0.39, 0.29) is 0 Å². The van der Waals surface area contributed by atoms with Crippen molar-refractivity contribution in [2.45, 2.75) is 38.5 Å². The van der Waals surface area contributed by atoms with Gasteiger partial charge in [0.2, 0.25) is 0 Å². The number of carbonyl (C=O) groups is 1. The Kier molecular flexibility index (Phi) is 5.12. The van der Waals surface area contributed by atoms with Crippen molar-refractivity contribution in [2.24, 2.45) is 0 Å². The molecule has 0 aromatic carbocycles. The third-order valence-electron chi connectivity index (χ3n) is 1.45. The van der Waals surface area contributed by atoms with E-state index in [0.29, 0.717) is 0 Å². The van der Waals surface area contributed by atoms with Crippen molar-refractivity contribution in [1.29, 1.82) is 0 Å². The molecule has 0 aromatic rings. The quantitative estimate of drug-likeness (QED) is 0.573. The topological polar surface area (TPSA) is 78.8 Å². The Bertz CT molecular complexity index is 251. The summed E-state index contributed by atoms with van der Waals surface area (Å²) in [6, 6.07) is -0.912. The second kappa shape index (κ2) is 5.59. The van der Waals surface area contributed by atoms with E-state index in [1.807, 2.05) is 5.92 Å². The lowest BCUT2D eigenvalue weighted by Gasteiger charge is -2.23. The monoisotopic (exact) mass is 215 g/mol. The highest BCUT2D eigenvalue weighted by molar-refractivity contribution is 5.68. The van der Waals surface area contributed by atoms with Crippen molar-refractivity contribution in [1.82, 2.24) is 5.32 Å². The van der Waals surface area contributed by atoms with E-state index in [0.717, 1.165) is 0 Å². The number of nitrogens with one attached hydrogen (secondary N) is 1. The lowest BCUT2D eigenvalue weighted by molar-refractivity contribution is 0.0413. The Morgan fingerprint density at radius 2 is 2.13 bits per heavy atom. The smallest absolute Gasteiger partial charge is 0.408 e. The van der Waals surface area contributed by atoms with Crippen molar-refractivity contribution in [2.75, 3.05) is 6.61 Å². The average molecular weight is 215 g/mol. The molecule has 15 heavy (non-hydrogen) atoms. The maximum absolute atomic E-state index is 11.2. The number of aliphatic hydroxyl groups excluding tert-OH is 2. The van der Waals surface area contributed by atoms with Gasteiger partial charge in [-0.1, -0.05) is 5.92 Å². The SMILES string of the molecule is C#C[C@@H](O)[C@H](CO)NC(=O)OC(C)(C)C. The van der Waals surface area contributed by atoms with Crippen LogP contribution in [0.5, 0.6) is 0 Å². The van der Waals surface area contributed by atoms with Gasteiger partial charge in [0.25, 0.3) is 0 Å². The van der Waals surface area contributed by atoms with Crippen molar-refractivity contribution >= 4 is 6.09 Å². The molecule has 0 unspecified atom stereocenters. The molecule has 0 saturated heterocycles. The first-order chi connectivity index (χ1) is 6.80. The highest BCUT2D eigenvalue weighted by atomic mass is 16.6. The third kappa shape index (κ3) is 5.94.